The largest absolute Gasteiger partial charge is 0.481 e. The number of benzene rings is 1. The highest BCUT2D eigenvalue weighted by Crippen LogP contribution is 2.24. The van der Waals surface area contributed by atoms with Crippen molar-refractivity contribution in [1.82, 2.24) is 4.90 Å². The summed E-state index contributed by atoms with van der Waals surface area (Å²) in [5, 5.41) is 11.6. The van der Waals surface area contributed by atoms with Crippen LogP contribution in [-0.4, -0.2) is 40.4 Å². The number of carbonyl (C=O) groups excluding carboxylic acids is 2. The standard InChI is InChI=1S/C20H22N2O5/c23-18(24)10-9-16-7-1-2-11-22(16)20(26)14-5-3-6-15(13-14)21-19(25)17-8-4-12-27-17/h3-6,8,12-13,16H,1-2,7,9-11H2,(H,21,25)(H,23,24). The number of carboxylic acid groups (broad SMARTS) is 1. The topological polar surface area (TPSA) is 99.9 Å². The van der Waals surface area contributed by atoms with E-state index in [9.17, 15) is 14.4 Å². The molecule has 142 valence electrons. The van der Waals surface area contributed by atoms with Crippen molar-refractivity contribution in [3.05, 3.63) is 54.0 Å². The molecule has 2 N–H and O–H groups in total. The fourth-order valence-electron chi connectivity index (χ4n) is 3.35. The number of nitrogens with one attached hydrogen (secondary N) is 1. The smallest absolute Gasteiger partial charge is 0.303 e. The first-order chi connectivity index (χ1) is 13.0. The molecule has 1 fully saturated rings. The number of carbonyl (C=O) groups is 3. The van der Waals surface area contributed by atoms with Gasteiger partial charge in [0.2, 0.25) is 0 Å². The monoisotopic (exact) mass is 370 g/mol. The number of piperidine rings is 1. The highest BCUT2D eigenvalue weighted by molar-refractivity contribution is 6.03. The van der Waals surface area contributed by atoms with E-state index in [1.807, 2.05) is 0 Å². The molecule has 1 aliphatic heterocycles. The normalized spacial score (nSPS) is 16.7. The van der Waals surface area contributed by atoms with Gasteiger partial charge in [-0.3, -0.25) is 14.4 Å². The van der Waals surface area contributed by atoms with Gasteiger partial charge in [-0.15, -0.1) is 0 Å². The summed E-state index contributed by atoms with van der Waals surface area (Å²) < 4.78 is 5.07. The maximum atomic E-state index is 13.0. The van der Waals surface area contributed by atoms with Gasteiger partial charge >= 0.3 is 5.97 Å². The molecule has 1 saturated heterocycles. The van der Waals surface area contributed by atoms with Crippen LogP contribution < -0.4 is 5.32 Å². The summed E-state index contributed by atoms with van der Waals surface area (Å²) in [6.07, 6.45) is 4.64. The van der Waals surface area contributed by atoms with Crippen LogP contribution in [0.1, 0.15) is 53.0 Å². The molecule has 2 aromatic rings. The van der Waals surface area contributed by atoms with Crippen LogP contribution in [0.5, 0.6) is 0 Å². The predicted octanol–water partition coefficient (Wildman–Crippen LogP) is 3.39. The summed E-state index contributed by atoms with van der Waals surface area (Å²) in [5.41, 5.74) is 0.968. The van der Waals surface area contributed by atoms with Crippen molar-refractivity contribution in [3.8, 4) is 0 Å². The van der Waals surface area contributed by atoms with Crippen LogP contribution in [0.2, 0.25) is 0 Å². The van der Waals surface area contributed by atoms with Gasteiger partial charge in [-0.2, -0.15) is 0 Å². The lowest BCUT2D eigenvalue weighted by Gasteiger charge is -2.35. The Hall–Kier alpha value is -3.09. The van der Waals surface area contributed by atoms with Crippen LogP contribution in [0.3, 0.4) is 0 Å². The summed E-state index contributed by atoms with van der Waals surface area (Å²) in [5.74, 6) is -1.19. The second-order valence-electron chi connectivity index (χ2n) is 6.59. The van der Waals surface area contributed by atoms with Crippen LogP contribution in [-0.2, 0) is 4.79 Å². The zero-order valence-corrected chi connectivity index (χ0v) is 14.9. The number of furan rings is 1. The Kier molecular flexibility index (Phi) is 5.90. The average Bonchev–Trinajstić information content (AvgIpc) is 3.21. The Bertz CT molecular complexity index is 816. The summed E-state index contributed by atoms with van der Waals surface area (Å²) in [6, 6.07) is 9.87. The number of carboxylic acids is 1. The highest BCUT2D eigenvalue weighted by atomic mass is 16.4. The van der Waals surface area contributed by atoms with Crippen LogP contribution in [0, 0.1) is 0 Å². The quantitative estimate of drug-likeness (QED) is 0.812. The summed E-state index contributed by atoms with van der Waals surface area (Å²) >= 11 is 0. The van der Waals surface area contributed by atoms with E-state index < -0.39 is 5.97 Å². The lowest BCUT2D eigenvalue weighted by molar-refractivity contribution is -0.137. The molecule has 0 spiro atoms. The van der Waals surface area contributed by atoms with E-state index in [1.54, 1.807) is 41.3 Å². The molecular formula is C20H22N2O5. The first-order valence-electron chi connectivity index (χ1n) is 9.02. The molecule has 2 amide bonds. The number of aliphatic carboxylic acids is 1. The zero-order valence-electron chi connectivity index (χ0n) is 14.9. The van der Waals surface area contributed by atoms with Gasteiger partial charge in [0, 0.05) is 30.3 Å². The Morgan fingerprint density at radius 2 is 2.04 bits per heavy atom. The Morgan fingerprint density at radius 1 is 1.19 bits per heavy atom. The summed E-state index contributed by atoms with van der Waals surface area (Å²) in [4.78, 5) is 37.7. The van der Waals surface area contributed by atoms with Crippen molar-refractivity contribution >= 4 is 23.5 Å². The lowest BCUT2D eigenvalue weighted by atomic mass is 9.97. The number of hydrogen-bond donors (Lipinski definition) is 2. The third-order valence-corrected chi connectivity index (χ3v) is 4.69. The number of nitrogens with zero attached hydrogens (tertiary/aromatic N) is 1. The second-order valence-corrected chi connectivity index (χ2v) is 6.59. The molecule has 1 aromatic carbocycles. The van der Waals surface area contributed by atoms with Gasteiger partial charge in [0.15, 0.2) is 5.76 Å². The van der Waals surface area contributed by atoms with Gasteiger partial charge in [-0.25, -0.2) is 0 Å². The fourth-order valence-corrected chi connectivity index (χ4v) is 3.35. The zero-order chi connectivity index (χ0) is 19.2. The number of hydrogen-bond acceptors (Lipinski definition) is 4. The fraction of sp³-hybridized carbons (Fsp3) is 0.350. The van der Waals surface area contributed by atoms with Gasteiger partial charge in [0.05, 0.1) is 6.26 Å². The van der Waals surface area contributed by atoms with Crippen molar-refractivity contribution in [1.29, 1.82) is 0 Å². The van der Waals surface area contributed by atoms with Crippen molar-refractivity contribution < 1.29 is 23.9 Å². The van der Waals surface area contributed by atoms with Crippen molar-refractivity contribution in [2.45, 2.75) is 38.1 Å². The van der Waals surface area contributed by atoms with Gasteiger partial charge in [-0.1, -0.05) is 6.07 Å². The molecule has 1 unspecified atom stereocenters. The SMILES string of the molecule is O=C(O)CCC1CCCCN1C(=O)c1cccc(NC(=O)c2ccco2)c1. The van der Waals surface area contributed by atoms with E-state index in [0.717, 1.165) is 19.3 Å². The maximum absolute atomic E-state index is 13.0. The van der Waals surface area contributed by atoms with E-state index >= 15 is 0 Å². The lowest BCUT2D eigenvalue weighted by Crippen LogP contribution is -2.44. The molecule has 7 nitrogen and oxygen atoms in total. The molecule has 1 aliphatic rings. The van der Waals surface area contributed by atoms with E-state index in [4.69, 9.17) is 9.52 Å². The summed E-state index contributed by atoms with van der Waals surface area (Å²) in [7, 11) is 0. The average molecular weight is 370 g/mol. The minimum Gasteiger partial charge on any atom is -0.481 e. The highest BCUT2D eigenvalue weighted by Gasteiger charge is 2.28. The van der Waals surface area contributed by atoms with E-state index in [1.165, 1.54) is 6.26 Å². The Morgan fingerprint density at radius 3 is 2.78 bits per heavy atom. The van der Waals surface area contributed by atoms with Crippen molar-refractivity contribution in [2.75, 3.05) is 11.9 Å². The molecule has 7 heteroatoms. The number of rotatable bonds is 6. The number of likely N-dealkylation sites (tertiary alicyclic amines) is 1. The van der Waals surface area contributed by atoms with E-state index in [2.05, 4.69) is 5.32 Å². The Labute approximate surface area is 157 Å². The first kappa shape index (κ1) is 18.7. The first-order valence-corrected chi connectivity index (χ1v) is 9.02. The van der Waals surface area contributed by atoms with Gasteiger partial charge < -0.3 is 19.7 Å². The van der Waals surface area contributed by atoms with Crippen LogP contribution in [0.15, 0.2) is 47.1 Å². The second kappa shape index (κ2) is 8.53. The molecule has 3 rings (SSSR count). The Balaban J connectivity index is 1.71. The maximum Gasteiger partial charge on any atom is 0.303 e. The van der Waals surface area contributed by atoms with Crippen molar-refractivity contribution in [3.63, 3.8) is 0 Å². The van der Waals surface area contributed by atoms with Crippen LogP contribution in [0.4, 0.5) is 5.69 Å². The number of amides is 2. The molecule has 2 heterocycles. The predicted molar refractivity (Wildman–Crippen MR) is 98.6 cm³/mol. The van der Waals surface area contributed by atoms with Gasteiger partial charge in [0.1, 0.15) is 0 Å². The molecule has 1 atom stereocenters. The van der Waals surface area contributed by atoms with Gasteiger partial charge in [-0.05, 0) is 56.0 Å². The molecular weight excluding hydrogens is 348 g/mol. The summed E-state index contributed by atoms with van der Waals surface area (Å²) in [6.45, 7) is 0.617. The minimum absolute atomic E-state index is 0.0493. The minimum atomic E-state index is -0.851. The molecule has 1 aromatic heterocycles. The third kappa shape index (κ3) is 4.75. The van der Waals surface area contributed by atoms with Crippen molar-refractivity contribution in [2.24, 2.45) is 0 Å². The molecule has 0 bridgehead atoms. The molecule has 0 aliphatic carbocycles. The van der Waals surface area contributed by atoms with Crippen LogP contribution >= 0.6 is 0 Å². The molecule has 27 heavy (non-hydrogen) atoms. The van der Waals surface area contributed by atoms with Gasteiger partial charge in [0.25, 0.3) is 11.8 Å². The van der Waals surface area contributed by atoms with E-state index in [0.29, 0.717) is 24.2 Å². The molecule has 0 saturated carbocycles. The van der Waals surface area contributed by atoms with Crippen LogP contribution in [0.25, 0.3) is 0 Å². The van der Waals surface area contributed by atoms with E-state index in [-0.39, 0.29) is 30.0 Å². The number of anilines is 1. The third-order valence-electron chi connectivity index (χ3n) is 4.69. The molecule has 0 radical (unpaired) electrons.